The van der Waals surface area contributed by atoms with Gasteiger partial charge in [0.05, 0.1) is 4.90 Å². The van der Waals surface area contributed by atoms with Crippen LogP contribution in [-0.2, 0) is 10.0 Å². The summed E-state index contributed by atoms with van der Waals surface area (Å²) >= 11 is 0. The number of H-pyrrole nitrogens is 1. The molecule has 0 saturated heterocycles. The van der Waals surface area contributed by atoms with Crippen LogP contribution >= 0.6 is 0 Å². The van der Waals surface area contributed by atoms with Crippen molar-refractivity contribution in [2.75, 3.05) is 13.1 Å². The van der Waals surface area contributed by atoms with Crippen LogP contribution in [0.25, 0.3) is 11.0 Å². The Kier molecular flexibility index (Phi) is 5.89. The average Bonchev–Trinajstić information content (AvgIpc) is 3.20. The molecule has 1 heterocycles. The summed E-state index contributed by atoms with van der Waals surface area (Å²) in [6, 6.07) is 10.3. The Bertz CT molecular complexity index is 1150. The zero-order chi connectivity index (χ0) is 21.0. The van der Waals surface area contributed by atoms with E-state index in [0.717, 1.165) is 0 Å². The molecule has 0 bridgehead atoms. The third kappa shape index (κ3) is 4.25. The van der Waals surface area contributed by atoms with Gasteiger partial charge in [-0.2, -0.15) is 19.7 Å². The summed E-state index contributed by atoms with van der Waals surface area (Å²) < 4.78 is 26.5. The monoisotopic (exact) mass is 416 g/mol. The Hall–Kier alpha value is -3.31. The van der Waals surface area contributed by atoms with Gasteiger partial charge >= 0.3 is 0 Å². The predicted octanol–water partition coefficient (Wildman–Crippen LogP) is 1.06. The van der Waals surface area contributed by atoms with Crippen molar-refractivity contribution >= 4 is 32.9 Å². The molecule has 0 fully saturated rings. The number of sulfonamides is 1. The number of hydrogen-bond acceptors (Lipinski definition) is 6. The Morgan fingerprint density at radius 2 is 1.55 bits per heavy atom. The number of aromatic amines is 1. The standard InChI is InChI=1S/C18H20N6O4S/c1-3-24(4-2)29(27,28)14-7-5-6-12(10-14)17(25)21-22-18(26)13-8-9-15-16(11-13)20-23-19-15/h5-11H,3-4H2,1-2H3,(H,21,25)(H,22,26)(H,19,20,23). The van der Waals surface area contributed by atoms with E-state index in [4.69, 9.17) is 0 Å². The third-order valence-corrected chi connectivity index (χ3v) is 6.35. The molecule has 3 N–H and O–H groups in total. The van der Waals surface area contributed by atoms with Gasteiger partial charge in [-0.1, -0.05) is 19.9 Å². The number of fused-ring (bicyclic) bond motifs is 1. The van der Waals surface area contributed by atoms with Gasteiger partial charge in [0.1, 0.15) is 11.0 Å². The lowest BCUT2D eigenvalue weighted by Crippen LogP contribution is -2.41. The molecule has 0 aliphatic carbocycles. The lowest BCUT2D eigenvalue weighted by molar-refractivity contribution is 0.0846. The fourth-order valence-corrected chi connectivity index (χ4v) is 4.25. The van der Waals surface area contributed by atoms with E-state index >= 15 is 0 Å². The largest absolute Gasteiger partial charge is 0.269 e. The molecular formula is C18H20N6O4S. The maximum Gasteiger partial charge on any atom is 0.269 e. The zero-order valence-electron chi connectivity index (χ0n) is 15.8. The van der Waals surface area contributed by atoms with Crippen LogP contribution in [0.4, 0.5) is 0 Å². The molecule has 29 heavy (non-hydrogen) atoms. The number of amides is 2. The minimum Gasteiger partial charge on any atom is -0.267 e. The average molecular weight is 416 g/mol. The van der Waals surface area contributed by atoms with Crippen molar-refractivity contribution in [2.45, 2.75) is 18.7 Å². The normalized spacial score (nSPS) is 11.6. The highest BCUT2D eigenvalue weighted by molar-refractivity contribution is 7.89. The summed E-state index contributed by atoms with van der Waals surface area (Å²) in [5.74, 6) is -1.19. The third-order valence-electron chi connectivity index (χ3n) is 4.31. The number of hydrogen-bond donors (Lipinski definition) is 3. The van der Waals surface area contributed by atoms with Crippen molar-refractivity contribution in [1.29, 1.82) is 0 Å². The summed E-state index contributed by atoms with van der Waals surface area (Å²) in [5, 5.41) is 10.3. The molecule has 2 amide bonds. The molecule has 2 aromatic carbocycles. The first-order valence-electron chi connectivity index (χ1n) is 8.88. The maximum atomic E-state index is 12.6. The second-order valence-electron chi connectivity index (χ2n) is 6.05. The minimum absolute atomic E-state index is 0.0108. The topological polar surface area (TPSA) is 137 Å². The lowest BCUT2D eigenvalue weighted by Gasteiger charge is -2.18. The Labute approximate surface area is 167 Å². The van der Waals surface area contributed by atoms with E-state index in [9.17, 15) is 18.0 Å². The molecule has 10 nitrogen and oxygen atoms in total. The van der Waals surface area contributed by atoms with Gasteiger partial charge < -0.3 is 0 Å². The first kappa shape index (κ1) is 20.4. The van der Waals surface area contributed by atoms with Crippen LogP contribution in [-0.4, -0.2) is 53.0 Å². The minimum atomic E-state index is -3.70. The number of nitrogens with zero attached hydrogens (tertiary/aromatic N) is 3. The van der Waals surface area contributed by atoms with Gasteiger partial charge in [0.15, 0.2) is 0 Å². The smallest absolute Gasteiger partial charge is 0.267 e. The van der Waals surface area contributed by atoms with Gasteiger partial charge in [-0.15, -0.1) is 0 Å². The highest BCUT2D eigenvalue weighted by Gasteiger charge is 2.22. The molecule has 0 spiro atoms. The molecule has 3 aromatic rings. The summed E-state index contributed by atoms with van der Waals surface area (Å²) in [7, 11) is -3.70. The van der Waals surface area contributed by atoms with E-state index in [1.807, 2.05) is 0 Å². The molecule has 0 atom stereocenters. The maximum absolute atomic E-state index is 12.6. The highest BCUT2D eigenvalue weighted by Crippen LogP contribution is 2.17. The first-order chi connectivity index (χ1) is 13.9. The van der Waals surface area contributed by atoms with E-state index in [-0.39, 0.29) is 16.0 Å². The van der Waals surface area contributed by atoms with Crippen molar-refractivity contribution in [1.82, 2.24) is 30.6 Å². The number of aromatic nitrogens is 3. The molecule has 1 aromatic heterocycles. The Balaban J connectivity index is 1.71. The second kappa shape index (κ2) is 8.37. The number of carbonyl (C=O) groups excluding carboxylic acids is 2. The summed E-state index contributed by atoms with van der Waals surface area (Å²) in [5.41, 5.74) is 6.09. The van der Waals surface area contributed by atoms with Crippen LogP contribution < -0.4 is 10.9 Å². The molecule has 0 saturated carbocycles. The molecule has 11 heteroatoms. The van der Waals surface area contributed by atoms with E-state index < -0.39 is 21.8 Å². The van der Waals surface area contributed by atoms with Gasteiger partial charge in [0.2, 0.25) is 10.0 Å². The second-order valence-corrected chi connectivity index (χ2v) is 7.99. The number of carbonyl (C=O) groups is 2. The van der Waals surface area contributed by atoms with E-state index in [1.54, 1.807) is 26.0 Å². The van der Waals surface area contributed by atoms with Crippen molar-refractivity contribution in [3.63, 3.8) is 0 Å². The summed E-state index contributed by atoms with van der Waals surface area (Å²) in [6.45, 7) is 4.12. The number of benzene rings is 2. The fraction of sp³-hybridized carbons (Fsp3) is 0.222. The summed E-state index contributed by atoms with van der Waals surface area (Å²) in [6.07, 6.45) is 0. The summed E-state index contributed by atoms with van der Waals surface area (Å²) in [4.78, 5) is 24.6. The predicted molar refractivity (Wildman–Crippen MR) is 105 cm³/mol. The quantitative estimate of drug-likeness (QED) is 0.514. The van der Waals surface area contributed by atoms with Crippen LogP contribution in [0.3, 0.4) is 0 Å². The number of rotatable bonds is 6. The molecule has 152 valence electrons. The SMILES string of the molecule is CCN(CC)S(=O)(=O)c1cccc(C(=O)NNC(=O)c2ccc3n[nH]nc3c2)c1. The van der Waals surface area contributed by atoms with Crippen LogP contribution in [0, 0.1) is 0 Å². The van der Waals surface area contributed by atoms with Gasteiger partial charge in [-0.05, 0) is 36.4 Å². The van der Waals surface area contributed by atoms with Crippen molar-refractivity contribution in [2.24, 2.45) is 0 Å². The van der Waals surface area contributed by atoms with E-state index in [2.05, 4.69) is 26.3 Å². The number of nitrogens with one attached hydrogen (secondary N) is 3. The van der Waals surface area contributed by atoms with Crippen LogP contribution in [0.2, 0.25) is 0 Å². The molecule has 0 radical (unpaired) electrons. The van der Waals surface area contributed by atoms with Crippen molar-refractivity contribution in [3.05, 3.63) is 53.6 Å². The van der Waals surface area contributed by atoms with Gasteiger partial charge in [0, 0.05) is 24.2 Å². The van der Waals surface area contributed by atoms with Gasteiger partial charge in [0.25, 0.3) is 11.8 Å². The van der Waals surface area contributed by atoms with Crippen LogP contribution in [0.15, 0.2) is 47.4 Å². The molecule has 0 aliphatic rings. The molecule has 0 aliphatic heterocycles. The fourth-order valence-electron chi connectivity index (χ4n) is 2.75. The zero-order valence-corrected chi connectivity index (χ0v) is 16.7. The van der Waals surface area contributed by atoms with Crippen molar-refractivity contribution < 1.29 is 18.0 Å². The Morgan fingerprint density at radius 1 is 0.931 bits per heavy atom. The lowest BCUT2D eigenvalue weighted by atomic mass is 10.2. The van der Waals surface area contributed by atoms with E-state index in [0.29, 0.717) is 24.1 Å². The molecular weight excluding hydrogens is 396 g/mol. The molecule has 3 rings (SSSR count). The highest BCUT2D eigenvalue weighted by atomic mass is 32.2. The van der Waals surface area contributed by atoms with Gasteiger partial charge in [-0.3, -0.25) is 20.4 Å². The van der Waals surface area contributed by atoms with Crippen LogP contribution in [0.1, 0.15) is 34.6 Å². The number of hydrazine groups is 1. The molecule has 0 unspecified atom stereocenters. The van der Waals surface area contributed by atoms with Crippen LogP contribution in [0.5, 0.6) is 0 Å². The van der Waals surface area contributed by atoms with Crippen molar-refractivity contribution in [3.8, 4) is 0 Å². The Morgan fingerprint density at radius 3 is 2.21 bits per heavy atom. The van der Waals surface area contributed by atoms with Gasteiger partial charge in [-0.25, -0.2) is 8.42 Å². The first-order valence-corrected chi connectivity index (χ1v) is 10.3. The van der Waals surface area contributed by atoms with E-state index in [1.165, 1.54) is 34.6 Å².